The number of hydrogen-bond acceptors (Lipinski definition) is 4. The highest BCUT2D eigenvalue weighted by atomic mass is 35.5. The van der Waals surface area contributed by atoms with Gasteiger partial charge in [0.15, 0.2) is 0 Å². The Labute approximate surface area is 157 Å². The predicted octanol–water partition coefficient (Wildman–Crippen LogP) is 4.19. The molecule has 0 bridgehead atoms. The van der Waals surface area contributed by atoms with Crippen LogP contribution in [0.1, 0.15) is 31.0 Å². The van der Waals surface area contributed by atoms with E-state index in [-0.39, 0.29) is 11.9 Å². The third-order valence-electron chi connectivity index (χ3n) is 4.92. The van der Waals surface area contributed by atoms with Crippen molar-refractivity contribution < 1.29 is 4.79 Å². The topological polar surface area (TPSA) is 58.1 Å². The molecule has 1 aliphatic heterocycles. The second-order valence-electron chi connectivity index (χ2n) is 6.59. The van der Waals surface area contributed by atoms with Gasteiger partial charge in [-0.25, -0.2) is 9.97 Å². The van der Waals surface area contributed by atoms with Crippen LogP contribution in [0.5, 0.6) is 0 Å². The lowest BCUT2D eigenvalue weighted by atomic mass is 10.1. The van der Waals surface area contributed by atoms with Crippen LogP contribution in [-0.2, 0) is 11.3 Å². The van der Waals surface area contributed by atoms with Gasteiger partial charge in [-0.1, -0.05) is 35.9 Å². The Morgan fingerprint density at radius 2 is 2.08 bits per heavy atom. The fraction of sp³-hybridized carbons (Fsp3) is 0.250. The first-order valence-electron chi connectivity index (χ1n) is 8.59. The van der Waals surface area contributed by atoms with E-state index < -0.39 is 6.04 Å². The standard InChI is InChI=1S/C20H19ClN4O/c1-12(20(26)25-10-14-5-3-4-6-16(14)13(25)2)24-19-17-8-7-15(21)9-18(17)22-11-23-19/h3-9,11-13H,10H2,1-2H3,(H,22,23,24)/t12-,13+/m1/s1. The van der Waals surface area contributed by atoms with Gasteiger partial charge in [-0.2, -0.15) is 0 Å². The first kappa shape index (κ1) is 16.8. The van der Waals surface area contributed by atoms with E-state index in [4.69, 9.17) is 11.6 Å². The van der Waals surface area contributed by atoms with Crippen LogP contribution >= 0.6 is 11.6 Å². The monoisotopic (exact) mass is 366 g/mol. The lowest BCUT2D eigenvalue weighted by molar-refractivity contribution is -0.133. The maximum Gasteiger partial charge on any atom is 0.245 e. The number of carbonyl (C=O) groups is 1. The van der Waals surface area contributed by atoms with Gasteiger partial charge in [0.2, 0.25) is 5.91 Å². The number of aromatic nitrogens is 2. The molecule has 2 heterocycles. The van der Waals surface area contributed by atoms with Gasteiger partial charge in [0.1, 0.15) is 18.2 Å². The summed E-state index contributed by atoms with van der Waals surface area (Å²) in [5, 5.41) is 4.71. The van der Waals surface area contributed by atoms with Gasteiger partial charge in [0.25, 0.3) is 0 Å². The number of nitrogens with zero attached hydrogens (tertiary/aromatic N) is 3. The fourth-order valence-corrected chi connectivity index (χ4v) is 3.67. The molecule has 0 saturated heterocycles. The highest BCUT2D eigenvalue weighted by molar-refractivity contribution is 6.31. The molecule has 26 heavy (non-hydrogen) atoms. The number of amides is 1. The van der Waals surface area contributed by atoms with Crippen molar-refractivity contribution >= 4 is 34.2 Å². The van der Waals surface area contributed by atoms with Gasteiger partial charge in [0, 0.05) is 17.0 Å². The van der Waals surface area contributed by atoms with Crippen LogP contribution in [-0.4, -0.2) is 26.8 Å². The zero-order valence-corrected chi connectivity index (χ0v) is 15.4. The van der Waals surface area contributed by atoms with E-state index in [0.29, 0.717) is 17.4 Å². The zero-order valence-electron chi connectivity index (χ0n) is 14.6. The first-order chi connectivity index (χ1) is 12.5. The molecule has 1 aromatic heterocycles. The molecule has 2 aromatic carbocycles. The molecule has 6 heteroatoms. The molecule has 132 valence electrons. The van der Waals surface area contributed by atoms with E-state index in [1.54, 1.807) is 12.1 Å². The van der Waals surface area contributed by atoms with E-state index >= 15 is 0 Å². The first-order valence-corrected chi connectivity index (χ1v) is 8.97. The van der Waals surface area contributed by atoms with Gasteiger partial charge >= 0.3 is 0 Å². The van der Waals surface area contributed by atoms with Crippen LogP contribution in [0, 0.1) is 0 Å². The molecule has 0 aliphatic carbocycles. The minimum absolute atomic E-state index is 0.0504. The minimum atomic E-state index is -0.402. The highest BCUT2D eigenvalue weighted by Crippen LogP contribution is 2.33. The second kappa shape index (κ2) is 6.57. The van der Waals surface area contributed by atoms with Crippen LogP contribution in [0.15, 0.2) is 48.8 Å². The fourth-order valence-electron chi connectivity index (χ4n) is 3.50. The number of anilines is 1. The summed E-state index contributed by atoms with van der Waals surface area (Å²) in [6, 6.07) is 13.3. The summed E-state index contributed by atoms with van der Waals surface area (Å²) in [5.41, 5.74) is 3.18. The molecule has 1 amide bonds. The maximum atomic E-state index is 13.0. The van der Waals surface area contributed by atoms with Crippen molar-refractivity contribution in [3.05, 3.63) is 64.9 Å². The van der Waals surface area contributed by atoms with Crippen molar-refractivity contribution in [2.75, 3.05) is 5.32 Å². The van der Waals surface area contributed by atoms with Gasteiger partial charge in [-0.15, -0.1) is 0 Å². The molecule has 0 unspecified atom stereocenters. The third-order valence-corrected chi connectivity index (χ3v) is 5.15. The zero-order chi connectivity index (χ0) is 18.3. The minimum Gasteiger partial charge on any atom is -0.358 e. The van der Waals surface area contributed by atoms with Crippen molar-refractivity contribution in [1.29, 1.82) is 0 Å². The van der Waals surface area contributed by atoms with Crippen molar-refractivity contribution in [2.45, 2.75) is 32.5 Å². The Morgan fingerprint density at radius 3 is 2.88 bits per heavy atom. The highest BCUT2D eigenvalue weighted by Gasteiger charge is 2.32. The number of carbonyl (C=O) groups excluding carboxylic acids is 1. The Morgan fingerprint density at radius 1 is 1.27 bits per heavy atom. The Kier molecular flexibility index (Phi) is 4.24. The van der Waals surface area contributed by atoms with Crippen LogP contribution in [0.25, 0.3) is 10.9 Å². The quantitative estimate of drug-likeness (QED) is 0.755. The van der Waals surface area contributed by atoms with Gasteiger partial charge in [0.05, 0.1) is 11.6 Å². The van der Waals surface area contributed by atoms with Gasteiger partial charge < -0.3 is 10.2 Å². The summed E-state index contributed by atoms with van der Waals surface area (Å²) in [5.74, 6) is 0.686. The number of benzene rings is 2. The molecule has 3 aromatic rings. The van der Waals surface area contributed by atoms with Crippen LogP contribution in [0.2, 0.25) is 5.02 Å². The Bertz CT molecular complexity index is 990. The summed E-state index contributed by atoms with van der Waals surface area (Å²) < 4.78 is 0. The number of nitrogens with one attached hydrogen (secondary N) is 1. The van der Waals surface area contributed by atoms with Crippen molar-refractivity contribution in [2.24, 2.45) is 0 Å². The smallest absolute Gasteiger partial charge is 0.245 e. The molecular formula is C20H19ClN4O. The molecule has 4 rings (SSSR count). The van der Waals surface area contributed by atoms with E-state index in [1.165, 1.54) is 17.5 Å². The molecule has 2 atom stereocenters. The molecule has 0 saturated carbocycles. The lowest BCUT2D eigenvalue weighted by Gasteiger charge is -2.26. The summed E-state index contributed by atoms with van der Waals surface area (Å²) in [6.45, 7) is 4.57. The van der Waals surface area contributed by atoms with Crippen LogP contribution < -0.4 is 5.32 Å². The molecule has 0 spiro atoms. The average molecular weight is 367 g/mol. The normalized spacial score (nSPS) is 17.2. The second-order valence-corrected chi connectivity index (χ2v) is 7.03. The average Bonchev–Trinajstić information content (AvgIpc) is 2.98. The van der Waals surface area contributed by atoms with Crippen LogP contribution in [0.3, 0.4) is 0 Å². The Hall–Kier alpha value is -2.66. The van der Waals surface area contributed by atoms with Crippen molar-refractivity contribution in [3.8, 4) is 0 Å². The molecule has 1 aliphatic rings. The van der Waals surface area contributed by atoms with E-state index in [1.807, 2.05) is 30.0 Å². The van der Waals surface area contributed by atoms with E-state index in [0.717, 1.165) is 10.9 Å². The summed E-state index contributed by atoms with van der Waals surface area (Å²) in [7, 11) is 0. The van der Waals surface area contributed by atoms with Gasteiger partial charge in [-0.05, 0) is 43.2 Å². The van der Waals surface area contributed by atoms with Crippen LogP contribution in [0.4, 0.5) is 5.82 Å². The number of halogens is 1. The molecule has 0 fully saturated rings. The molecule has 0 radical (unpaired) electrons. The van der Waals surface area contributed by atoms with E-state index in [9.17, 15) is 4.79 Å². The van der Waals surface area contributed by atoms with E-state index in [2.05, 4.69) is 34.3 Å². The van der Waals surface area contributed by atoms with Crippen molar-refractivity contribution in [1.82, 2.24) is 14.9 Å². The number of rotatable bonds is 3. The largest absolute Gasteiger partial charge is 0.358 e. The molecular weight excluding hydrogens is 348 g/mol. The molecule has 1 N–H and O–H groups in total. The lowest BCUT2D eigenvalue weighted by Crippen LogP contribution is -2.40. The van der Waals surface area contributed by atoms with Crippen molar-refractivity contribution in [3.63, 3.8) is 0 Å². The summed E-state index contributed by atoms with van der Waals surface area (Å²) in [4.78, 5) is 23.5. The Balaban J connectivity index is 1.56. The summed E-state index contributed by atoms with van der Waals surface area (Å²) in [6.07, 6.45) is 1.48. The number of fused-ring (bicyclic) bond motifs is 2. The predicted molar refractivity (Wildman–Crippen MR) is 103 cm³/mol. The van der Waals surface area contributed by atoms with Gasteiger partial charge in [-0.3, -0.25) is 4.79 Å². The summed E-state index contributed by atoms with van der Waals surface area (Å²) >= 11 is 6.03. The molecule has 5 nitrogen and oxygen atoms in total. The third kappa shape index (κ3) is 2.88. The SMILES string of the molecule is C[C@@H](Nc1ncnc2cc(Cl)ccc12)C(=O)N1Cc2ccccc2[C@@H]1C. The number of hydrogen-bond donors (Lipinski definition) is 1. The maximum absolute atomic E-state index is 13.0.